The molecule has 0 atom stereocenters. The number of amides is 1. The topological polar surface area (TPSA) is 116 Å². The Morgan fingerprint density at radius 1 is 1.38 bits per heavy atom. The van der Waals surface area contributed by atoms with Crippen LogP contribution in [0.1, 0.15) is 10.4 Å². The van der Waals surface area contributed by atoms with Crippen molar-refractivity contribution in [1.82, 2.24) is 20.2 Å². The molecule has 134 valence electrons. The van der Waals surface area contributed by atoms with Crippen molar-refractivity contribution in [2.24, 2.45) is 0 Å². The molecule has 0 bridgehead atoms. The summed E-state index contributed by atoms with van der Waals surface area (Å²) in [6.45, 7) is 2.14. The minimum Gasteiger partial charge on any atom is -0.325 e. The van der Waals surface area contributed by atoms with E-state index < -0.39 is 4.92 Å². The van der Waals surface area contributed by atoms with Gasteiger partial charge in [0.25, 0.3) is 5.69 Å². The van der Waals surface area contributed by atoms with Gasteiger partial charge in [0.2, 0.25) is 11.1 Å². The fraction of sp³-hybridized carbons (Fsp3) is 0.200. The molecule has 0 unspecified atom stereocenters. The van der Waals surface area contributed by atoms with Crippen LogP contribution in [0, 0.1) is 17.0 Å². The number of hydrogen-bond acceptors (Lipinski definition) is 8. The van der Waals surface area contributed by atoms with E-state index in [2.05, 4.69) is 20.8 Å². The molecule has 0 saturated heterocycles. The van der Waals surface area contributed by atoms with Crippen molar-refractivity contribution in [3.8, 4) is 0 Å². The van der Waals surface area contributed by atoms with Crippen LogP contribution in [0.2, 0.25) is 0 Å². The van der Waals surface area contributed by atoms with E-state index in [1.54, 1.807) is 29.0 Å². The van der Waals surface area contributed by atoms with Gasteiger partial charge in [-0.2, -0.15) is 0 Å². The number of carbonyl (C=O) groups is 1. The van der Waals surface area contributed by atoms with Gasteiger partial charge < -0.3 is 5.32 Å². The average molecular weight is 390 g/mol. The molecule has 1 aromatic carbocycles. The molecule has 0 aliphatic heterocycles. The maximum absolute atomic E-state index is 12.2. The predicted octanol–water partition coefficient (Wildman–Crippen LogP) is 2.73. The van der Waals surface area contributed by atoms with Crippen molar-refractivity contribution < 1.29 is 9.72 Å². The lowest BCUT2D eigenvalue weighted by Gasteiger charge is -2.08. The minimum atomic E-state index is -0.474. The predicted molar refractivity (Wildman–Crippen MR) is 98.4 cm³/mol. The van der Waals surface area contributed by atoms with Crippen molar-refractivity contribution in [3.05, 3.63) is 56.3 Å². The summed E-state index contributed by atoms with van der Waals surface area (Å²) in [6, 6.07) is 8.50. The van der Waals surface area contributed by atoms with Gasteiger partial charge in [-0.3, -0.25) is 14.9 Å². The van der Waals surface area contributed by atoms with Crippen LogP contribution in [0.15, 0.2) is 40.9 Å². The summed E-state index contributed by atoms with van der Waals surface area (Å²) >= 11 is 2.81. The zero-order chi connectivity index (χ0) is 18.5. The van der Waals surface area contributed by atoms with Crippen LogP contribution in [0.3, 0.4) is 0 Å². The van der Waals surface area contributed by atoms with Crippen molar-refractivity contribution in [1.29, 1.82) is 0 Å². The van der Waals surface area contributed by atoms with E-state index in [4.69, 9.17) is 0 Å². The number of rotatable bonds is 7. The largest absolute Gasteiger partial charge is 0.325 e. The second kappa shape index (κ2) is 8.06. The Kier molecular flexibility index (Phi) is 5.58. The molecule has 0 aliphatic carbocycles. The first kappa shape index (κ1) is 18.0. The molecule has 2 heterocycles. The SMILES string of the molecule is Cc1c(NC(=O)CSc2nnnn2Cc2cccs2)cccc1[N+](=O)[O-]. The molecule has 0 saturated carbocycles. The third-order valence-electron chi connectivity index (χ3n) is 3.49. The van der Waals surface area contributed by atoms with Crippen LogP contribution >= 0.6 is 23.1 Å². The fourth-order valence-corrected chi connectivity index (χ4v) is 3.58. The summed E-state index contributed by atoms with van der Waals surface area (Å²) in [6.07, 6.45) is 0. The van der Waals surface area contributed by atoms with E-state index in [-0.39, 0.29) is 17.3 Å². The average Bonchev–Trinajstić information content (AvgIpc) is 3.27. The third-order valence-corrected chi connectivity index (χ3v) is 5.31. The standard InChI is InChI=1S/C15H14N6O3S2/c1-10-12(5-2-6-13(10)21(23)24)16-14(22)9-26-15-17-18-19-20(15)8-11-4-3-7-25-11/h2-7H,8-9H2,1H3,(H,16,22). The van der Waals surface area contributed by atoms with Crippen LogP contribution in [0.4, 0.5) is 11.4 Å². The van der Waals surface area contributed by atoms with Crippen LogP contribution < -0.4 is 5.32 Å². The van der Waals surface area contributed by atoms with Crippen LogP contribution in [-0.4, -0.2) is 36.8 Å². The van der Waals surface area contributed by atoms with Crippen molar-refractivity contribution in [3.63, 3.8) is 0 Å². The molecular formula is C15H14N6O3S2. The Labute approximate surface area is 156 Å². The van der Waals surface area contributed by atoms with E-state index in [9.17, 15) is 14.9 Å². The summed E-state index contributed by atoms with van der Waals surface area (Å²) in [4.78, 5) is 23.8. The third kappa shape index (κ3) is 4.24. The first-order valence-electron chi connectivity index (χ1n) is 7.50. The first-order chi connectivity index (χ1) is 12.5. The maximum atomic E-state index is 12.2. The van der Waals surface area contributed by atoms with Gasteiger partial charge in [0, 0.05) is 10.9 Å². The number of benzene rings is 1. The number of nitrogens with zero attached hydrogens (tertiary/aromatic N) is 5. The Morgan fingerprint density at radius 2 is 2.23 bits per heavy atom. The lowest BCUT2D eigenvalue weighted by molar-refractivity contribution is -0.385. The Bertz CT molecular complexity index is 925. The number of nitro groups is 1. The second-order valence-electron chi connectivity index (χ2n) is 5.24. The van der Waals surface area contributed by atoms with Gasteiger partial charge in [0.15, 0.2) is 0 Å². The van der Waals surface area contributed by atoms with Gasteiger partial charge in [0.05, 0.1) is 28.5 Å². The number of tetrazole rings is 1. The van der Waals surface area contributed by atoms with Gasteiger partial charge in [-0.25, -0.2) is 4.68 Å². The lowest BCUT2D eigenvalue weighted by Crippen LogP contribution is -2.16. The Balaban J connectivity index is 1.61. The van der Waals surface area contributed by atoms with Crippen LogP contribution in [0.5, 0.6) is 0 Å². The molecule has 0 spiro atoms. The summed E-state index contributed by atoms with van der Waals surface area (Å²) < 4.78 is 1.63. The summed E-state index contributed by atoms with van der Waals surface area (Å²) in [5, 5.41) is 27.7. The molecule has 1 amide bonds. The van der Waals surface area contributed by atoms with Gasteiger partial charge in [-0.1, -0.05) is 23.9 Å². The summed E-state index contributed by atoms with van der Waals surface area (Å²) in [7, 11) is 0. The van der Waals surface area contributed by atoms with Crippen molar-refractivity contribution in [2.75, 3.05) is 11.1 Å². The second-order valence-corrected chi connectivity index (χ2v) is 7.22. The minimum absolute atomic E-state index is 0.0321. The number of thiophene rings is 1. The molecule has 9 nitrogen and oxygen atoms in total. The molecule has 26 heavy (non-hydrogen) atoms. The number of aromatic nitrogens is 4. The van der Waals surface area contributed by atoms with E-state index >= 15 is 0 Å². The zero-order valence-corrected chi connectivity index (χ0v) is 15.3. The van der Waals surface area contributed by atoms with Crippen LogP contribution in [-0.2, 0) is 11.3 Å². The number of nitro benzene ring substituents is 1. The van der Waals surface area contributed by atoms with Crippen LogP contribution in [0.25, 0.3) is 0 Å². The molecule has 0 aliphatic rings. The number of hydrogen-bond donors (Lipinski definition) is 1. The van der Waals surface area contributed by atoms with E-state index in [1.165, 1.54) is 23.9 Å². The number of carbonyl (C=O) groups excluding carboxylic acids is 1. The molecule has 2 aromatic heterocycles. The fourth-order valence-electron chi connectivity index (χ4n) is 2.22. The molecule has 3 rings (SSSR count). The maximum Gasteiger partial charge on any atom is 0.274 e. The van der Waals surface area contributed by atoms with Gasteiger partial charge in [0.1, 0.15) is 0 Å². The van der Waals surface area contributed by atoms with Gasteiger partial charge in [-0.15, -0.1) is 16.4 Å². The number of nitrogens with one attached hydrogen (secondary N) is 1. The summed E-state index contributed by atoms with van der Waals surface area (Å²) in [5.74, 6) is -0.197. The molecule has 11 heteroatoms. The highest BCUT2D eigenvalue weighted by Gasteiger charge is 2.16. The monoisotopic (exact) mass is 390 g/mol. The highest BCUT2D eigenvalue weighted by atomic mass is 32.2. The first-order valence-corrected chi connectivity index (χ1v) is 9.36. The van der Waals surface area contributed by atoms with E-state index in [1.807, 2.05) is 17.5 Å². The number of thioether (sulfide) groups is 1. The highest BCUT2D eigenvalue weighted by molar-refractivity contribution is 7.99. The normalized spacial score (nSPS) is 10.7. The number of anilines is 1. The molecular weight excluding hydrogens is 376 g/mol. The highest BCUT2D eigenvalue weighted by Crippen LogP contribution is 2.25. The summed E-state index contributed by atoms with van der Waals surface area (Å²) in [5.41, 5.74) is 0.803. The van der Waals surface area contributed by atoms with E-state index in [0.717, 1.165) is 4.88 Å². The van der Waals surface area contributed by atoms with Crippen molar-refractivity contribution >= 4 is 40.4 Å². The molecule has 1 N–H and O–H groups in total. The Hall–Kier alpha value is -2.79. The van der Waals surface area contributed by atoms with Gasteiger partial charge in [-0.05, 0) is 34.9 Å². The Morgan fingerprint density at radius 3 is 2.96 bits per heavy atom. The van der Waals surface area contributed by atoms with Crippen molar-refractivity contribution in [2.45, 2.75) is 18.6 Å². The molecule has 0 radical (unpaired) electrons. The van der Waals surface area contributed by atoms with E-state index in [0.29, 0.717) is 23.0 Å². The smallest absolute Gasteiger partial charge is 0.274 e. The lowest BCUT2D eigenvalue weighted by atomic mass is 10.1. The molecule has 0 fully saturated rings. The molecule has 3 aromatic rings. The zero-order valence-electron chi connectivity index (χ0n) is 13.7. The quantitative estimate of drug-likeness (QED) is 0.374. The van der Waals surface area contributed by atoms with Gasteiger partial charge >= 0.3 is 0 Å².